The zero-order chi connectivity index (χ0) is 19.8. The molecule has 138 valence electrons. The van der Waals surface area contributed by atoms with Crippen molar-refractivity contribution in [2.45, 2.75) is 6.92 Å². The second-order valence-corrected chi connectivity index (χ2v) is 5.93. The molecule has 0 saturated heterocycles. The van der Waals surface area contributed by atoms with Crippen molar-refractivity contribution in [3.63, 3.8) is 0 Å². The molecule has 1 amide bonds. The van der Waals surface area contributed by atoms with Gasteiger partial charge in [0, 0.05) is 10.7 Å². The first-order valence-electron chi connectivity index (χ1n) is 7.92. The van der Waals surface area contributed by atoms with Crippen LogP contribution in [0.4, 0.5) is 5.69 Å². The Labute approximate surface area is 162 Å². The predicted octanol–water partition coefficient (Wildman–Crippen LogP) is 3.75. The van der Waals surface area contributed by atoms with Gasteiger partial charge in [-0.2, -0.15) is 5.26 Å². The van der Waals surface area contributed by atoms with Crippen LogP contribution in [-0.2, 0) is 14.3 Å². The zero-order valence-electron chi connectivity index (χ0n) is 14.8. The normalized spacial score (nSPS) is 10.7. The Morgan fingerprint density at radius 1 is 1.22 bits per heavy atom. The first kappa shape index (κ1) is 20.0. The molecule has 7 heteroatoms. The van der Waals surface area contributed by atoms with Gasteiger partial charge in [0.15, 0.2) is 6.61 Å². The van der Waals surface area contributed by atoms with E-state index in [9.17, 15) is 14.9 Å². The lowest BCUT2D eigenvalue weighted by Gasteiger charge is -2.07. The number of carbonyl (C=O) groups is 2. The number of nitrogens with zero attached hydrogens (tertiary/aromatic N) is 1. The minimum atomic E-state index is -0.538. The SMILES string of the molecule is COC(=O)COc1ccc(/C=C(/C#N)C(=O)Nc2ccc(C)c(Cl)c2)cc1. The number of amides is 1. The predicted molar refractivity (Wildman–Crippen MR) is 102 cm³/mol. The number of methoxy groups -OCH3 is 1. The number of rotatable bonds is 6. The first-order valence-corrected chi connectivity index (χ1v) is 8.29. The molecule has 27 heavy (non-hydrogen) atoms. The molecular formula is C20H17ClN2O4. The fourth-order valence-electron chi connectivity index (χ4n) is 2.05. The molecule has 0 aliphatic carbocycles. The lowest BCUT2D eigenvalue weighted by molar-refractivity contribution is -0.142. The molecule has 2 rings (SSSR count). The summed E-state index contributed by atoms with van der Waals surface area (Å²) in [6.45, 7) is 1.66. The van der Waals surface area contributed by atoms with Crippen LogP contribution in [0.5, 0.6) is 5.75 Å². The summed E-state index contributed by atoms with van der Waals surface area (Å²) in [5.41, 5.74) is 1.97. The number of carbonyl (C=O) groups excluding carboxylic acids is 2. The number of ether oxygens (including phenoxy) is 2. The summed E-state index contributed by atoms with van der Waals surface area (Å²) in [5, 5.41) is 12.4. The third-order valence-corrected chi connectivity index (χ3v) is 3.98. The van der Waals surface area contributed by atoms with Gasteiger partial charge < -0.3 is 14.8 Å². The highest BCUT2D eigenvalue weighted by Crippen LogP contribution is 2.21. The Balaban J connectivity index is 2.08. The van der Waals surface area contributed by atoms with Gasteiger partial charge in [0.1, 0.15) is 17.4 Å². The molecule has 0 aromatic heterocycles. The summed E-state index contributed by atoms with van der Waals surface area (Å²) in [6, 6.07) is 13.6. The lowest BCUT2D eigenvalue weighted by atomic mass is 10.1. The maximum Gasteiger partial charge on any atom is 0.343 e. The van der Waals surface area contributed by atoms with Gasteiger partial charge in [0.2, 0.25) is 0 Å². The summed E-state index contributed by atoms with van der Waals surface area (Å²) < 4.78 is 9.73. The zero-order valence-corrected chi connectivity index (χ0v) is 15.5. The number of hydrogen-bond acceptors (Lipinski definition) is 5. The summed E-state index contributed by atoms with van der Waals surface area (Å²) in [7, 11) is 1.28. The van der Waals surface area contributed by atoms with Gasteiger partial charge in [-0.25, -0.2) is 4.79 Å². The maximum atomic E-state index is 12.3. The number of aryl methyl sites for hydroxylation is 1. The molecular weight excluding hydrogens is 368 g/mol. The van der Waals surface area contributed by atoms with Crippen molar-refractivity contribution in [3.8, 4) is 11.8 Å². The largest absolute Gasteiger partial charge is 0.482 e. The van der Waals surface area contributed by atoms with E-state index in [1.54, 1.807) is 42.5 Å². The Hall–Kier alpha value is -3.30. The molecule has 0 spiro atoms. The maximum absolute atomic E-state index is 12.3. The smallest absolute Gasteiger partial charge is 0.343 e. The van der Waals surface area contributed by atoms with Gasteiger partial charge in [0.05, 0.1) is 7.11 Å². The third-order valence-electron chi connectivity index (χ3n) is 3.57. The van der Waals surface area contributed by atoms with Crippen molar-refractivity contribution in [3.05, 3.63) is 64.2 Å². The molecule has 0 bridgehead atoms. The Kier molecular flexibility index (Phi) is 6.98. The van der Waals surface area contributed by atoms with Crippen LogP contribution >= 0.6 is 11.6 Å². The van der Waals surface area contributed by atoms with E-state index in [-0.39, 0.29) is 12.2 Å². The fourth-order valence-corrected chi connectivity index (χ4v) is 2.23. The Bertz CT molecular complexity index is 915. The monoisotopic (exact) mass is 384 g/mol. The van der Waals surface area contributed by atoms with E-state index in [0.717, 1.165) is 5.56 Å². The number of nitriles is 1. The Morgan fingerprint density at radius 3 is 2.52 bits per heavy atom. The summed E-state index contributed by atoms with van der Waals surface area (Å²) >= 11 is 6.04. The molecule has 0 aliphatic rings. The average Bonchev–Trinajstić information content (AvgIpc) is 2.67. The van der Waals surface area contributed by atoms with Crippen LogP contribution in [-0.4, -0.2) is 25.6 Å². The molecule has 0 atom stereocenters. The van der Waals surface area contributed by atoms with Crippen LogP contribution in [0.25, 0.3) is 6.08 Å². The van der Waals surface area contributed by atoms with E-state index in [4.69, 9.17) is 16.3 Å². The quantitative estimate of drug-likeness (QED) is 0.465. The molecule has 0 heterocycles. The topological polar surface area (TPSA) is 88.4 Å². The van der Waals surface area contributed by atoms with Crippen molar-refractivity contribution in [2.75, 3.05) is 19.0 Å². The Morgan fingerprint density at radius 2 is 1.93 bits per heavy atom. The lowest BCUT2D eigenvalue weighted by Crippen LogP contribution is -2.13. The highest BCUT2D eigenvalue weighted by atomic mass is 35.5. The van der Waals surface area contributed by atoms with Crippen molar-refractivity contribution >= 4 is 35.2 Å². The van der Waals surface area contributed by atoms with Gasteiger partial charge >= 0.3 is 5.97 Å². The first-order chi connectivity index (χ1) is 12.9. The van der Waals surface area contributed by atoms with Crippen LogP contribution in [0.1, 0.15) is 11.1 Å². The van der Waals surface area contributed by atoms with Crippen LogP contribution < -0.4 is 10.1 Å². The number of esters is 1. The van der Waals surface area contributed by atoms with Crippen molar-refractivity contribution in [2.24, 2.45) is 0 Å². The average molecular weight is 385 g/mol. The van der Waals surface area contributed by atoms with Crippen LogP contribution in [0.15, 0.2) is 48.0 Å². The third kappa shape index (κ3) is 5.87. The van der Waals surface area contributed by atoms with E-state index in [1.165, 1.54) is 13.2 Å². The summed E-state index contributed by atoms with van der Waals surface area (Å²) in [5.74, 6) is -0.558. The van der Waals surface area contributed by atoms with Crippen molar-refractivity contribution in [1.29, 1.82) is 5.26 Å². The van der Waals surface area contributed by atoms with E-state index in [2.05, 4.69) is 10.1 Å². The van der Waals surface area contributed by atoms with Crippen LogP contribution in [0, 0.1) is 18.3 Å². The highest BCUT2D eigenvalue weighted by molar-refractivity contribution is 6.31. The van der Waals surface area contributed by atoms with Crippen molar-refractivity contribution in [1.82, 2.24) is 0 Å². The molecule has 0 fully saturated rings. The minimum absolute atomic E-state index is 0.0603. The van der Waals surface area contributed by atoms with Gasteiger partial charge in [-0.1, -0.05) is 29.8 Å². The van der Waals surface area contributed by atoms with E-state index < -0.39 is 11.9 Å². The highest BCUT2D eigenvalue weighted by Gasteiger charge is 2.10. The number of hydrogen-bond donors (Lipinski definition) is 1. The van der Waals surface area contributed by atoms with E-state index >= 15 is 0 Å². The molecule has 0 unspecified atom stereocenters. The minimum Gasteiger partial charge on any atom is -0.482 e. The molecule has 6 nitrogen and oxygen atoms in total. The van der Waals surface area contributed by atoms with Gasteiger partial charge in [-0.15, -0.1) is 0 Å². The number of halogens is 1. The van der Waals surface area contributed by atoms with E-state index in [1.807, 2.05) is 13.0 Å². The summed E-state index contributed by atoms with van der Waals surface area (Å²) in [4.78, 5) is 23.4. The molecule has 0 saturated carbocycles. The standard InChI is InChI=1S/C20H17ClN2O4/c1-13-3-6-16(10-18(13)21)23-20(25)15(11-22)9-14-4-7-17(8-5-14)27-12-19(24)26-2/h3-10H,12H2,1-2H3,(H,23,25)/b15-9-. The molecule has 0 radical (unpaired) electrons. The summed E-state index contributed by atoms with van der Waals surface area (Å²) in [6.07, 6.45) is 1.45. The molecule has 0 aliphatic heterocycles. The van der Waals surface area contributed by atoms with Gasteiger partial charge in [-0.3, -0.25) is 4.79 Å². The number of benzene rings is 2. The second-order valence-electron chi connectivity index (χ2n) is 5.52. The fraction of sp³-hybridized carbons (Fsp3) is 0.150. The van der Waals surface area contributed by atoms with Gasteiger partial charge in [-0.05, 0) is 48.4 Å². The van der Waals surface area contributed by atoms with E-state index in [0.29, 0.717) is 22.0 Å². The number of anilines is 1. The number of nitrogens with one attached hydrogen (secondary N) is 1. The van der Waals surface area contributed by atoms with Crippen molar-refractivity contribution < 1.29 is 19.1 Å². The molecule has 2 aromatic rings. The second kappa shape index (κ2) is 9.41. The van der Waals surface area contributed by atoms with Crippen LogP contribution in [0.3, 0.4) is 0 Å². The van der Waals surface area contributed by atoms with Crippen LogP contribution in [0.2, 0.25) is 5.02 Å². The molecule has 1 N–H and O–H groups in total. The van der Waals surface area contributed by atoms with Gasteiger partial charge in [0.25, 0.3) is 5.91 Å². The molecule has 2 aromatic carbocycles.